The van der Waals surface area contributed by atoms with Crippen molar-refractivity contribution in [2.45, 2.75) is 290 Å². The summed E-state index contributed by atoms with van der Waals surface area (Å²) in [5.41, 5.74) is 0. The molecule has 5 unspecified atom stereocenters. The number of phosphoric acid groups is 2. The van der Waals surface area contributed by atoms with Crippen LogP contribution in [0.1, 0.15) is 272 Å². The van der Waals surface area contributed by atoms with Gasteiger partial charge in [-0.25, -0.2) is 9.13 Å². The Kier molecular flexibility index (Phi) is 72.6. The van der Waals surface area contributed by atoms with Crippen LogP contribution < -0.4 is 0 Å². The Hall–Kier alpha value is -6.10. The van der Waals surface area contributed by atoms with Gasteiger partial charge in [0.1, 0.15) is 19.3 Å². The van der Waals surface area contributed by atoms with E-state index < -0.39 is 97.5 Å². The molecule has 0 spiro atoms. The average Bonchev–Trinajstić information content (AvgIpc) is 0.901. The van der Waals surface area contributed by atoms with Crippen molar-refractivity contribution in [3.63, 3.8) is 0 Å². The van der Waals surface area contributed by atoms with Crippen molar-refractivity contribution in [3.05, 3.63) is 194 Å². The van der Waals surface area contributed by atoms with Crippen LogP contribution in [-0.4, -0.2) is 96.7 Å². The third-order valence-electron chi connectivity index (χ3n) is 15.5. The van der Waals surface area contributed by atoms with E-state index in [2.05, 4.69) is 192 Å². The highest BCUT2D eigenvalue weighted by Gasteiger charge is 2.30. The van der Waals surface area contributed by atoms with Crippen molar-refractivity contribution in [2.75, 3.05) is 39.6 Å². The van der Waals surface area contributed by atoms with E-state index in [1.807, 2.05) is 30.4 Å². The average molecular weight is 1520 g/mol. The number of aliphatic hydroxyl groups excluding tert-OH is 1. The van der Waals surface area contributed by atoms with Crippen molar-refractivity contribution >= 4 is 39.5 Å². The number of rotatable bonds is 72. The lowest BCUT2D eigenvalue weighted by atomic mass is 10.1. The fraction of sp³-hybridized carbons (Fsp3) is 0.586. The van der Waals surface area contributed by atoms with E-state index in [-0.39, 0.29) is 25.7 Å². The number of aliphatic hydroxyl groups is 1. The molecule has 0 fully saturated rings. The number of allylic oxidation sites excluding steroid dienone is 32. The summed E-state index contributed by atoms with van der Waals surface area (Å²) in [5.74, 6) is -2.39. The number of ether oxygens (including phenoxy) is 4. The molecular weight excluding hydrogens is 1380 g/mol. The van der Waals surface area contributed by atoms with Crippen LogP contribution in [0.5, 0.6) is 0 Å². The Morgan fingerprint density at radius 3 is 0.849 bits per heavy atom. The molecule has 0 aliphatic carbocycles. The van der Waals surface area contributed by atoms with Crippen LogP contribution in [0.15, 0.2) is 194 Å². The summed E-state index contributed by atoms with van der Waals surface area (Å²) in [6.07, 6.45) is 94.4. The second-order valence-corrected chi connectivity index (χ2v) is 28.4. The molecular formula is C87H138O17P2. The van der Waals surface area contributed by atoms with Gasteiger partial charge in [-0.15, -0.1) is 0 Å². The molecule has 0 radical (unpaired) electrons. The summed E-state index contributed by atoms with van der Waals surface area (Å²) >= 11 is 0. The summed E-state index contributed by atoms with van der Waals surface area (Å²) in [7, 11) is -10.0. The van der Waals surface area contributed by atoms with Gasteiger partial charge < -0.3 is 33.8 Å². The second kappa shape index (κ2) is 77.1. The minimum Gasteiger partial charge on any atom is -0.462 e. The molecule has 17 nitrogen and oxygen atoms in total. The lowest BCUT2D eigenvalue weighted by Gasteiger charge is -2.21. The molecule has 0 aliphatic heterocycles. The molecule has 0 bridgehead atoms. The summed E-state index contributed by atoms with van der Waals surface area (Å²) in [6.45, 7) is 4.28. The van der Waals surface area contributed by atoms with E-state index in [0.29, 0.717) is 38.5 Å². The molecule has 0 aromatic rings. The standard InChI is InChI=1S/C87H138O17P2/c1-5-9-13-17-21-25-29-32-35-38-40-43-46-49-53-56-60-64-68-72-85(90)98-78-83(104-87(92)74-70-66-62-58-54-50-47-44-41-39-36-33-30-26-22-18-14-10-6-2)80-102-106(95,96)100-76-81(88)75-99-105(93,94)101-79-82(103-86(91)73-69-65-61-57-51-28-24-20-16-12-8-4)77-97-84(89)71-67-63-59-55-52-48-45-42-37-34-31-27-23-19-15-11-7-3/h9-11,13-15,20-27,32-37,40-41,43-45,48-49,53,55,59-60,64,81-83,88H,5-8,12,16-19,28-31,38-39,42,46-47,50-52,54,56-58,61-63,65-80H2,1-4H3,(H,93,94)(H,95,96)/b13-9-,14-10-,15-11-,24-20-,25-21-,26-22-,27-23-,35-32-,36-33-,37-34-,43-40-,44-41-,48-45-,53-49-,59-55-,64-60-. The third kappa shape index (κ3) is 76.1. The summed E-state index contributed by atoms with van der Waals surface area (Å²) in [6, 6.07) is 0. The molecule has 0 saturated carbocycles. The Labute approximate surface area is 640 Å². The van der Waals surface area contributed by atoms with Gasteiger partial charge in [-0.2, -0.15) is 0 Å². The topological polar surface area (TPSA) is 237 Å². The molecule has 3 N–H and O–H groups in total. The number of hydrogen-bond donors (Lipinski definition) is 3. The zero-order chi connectivity index (χ0) is 77.4. The summed E-state index contributed by atoms with van der Waals surface area (Å²) in [5, 5.41) is 10.6. The molecule has 0 rings (SSSR count). The molecule has 0 aliphatic rings. The lowest BCUT2D eigenvalue weighted by Crippen LogP contribution is -2.30. The first-order valence-electron chi connectivity index (χ1n) is 39.7. The monoisotopic (exact) mass is 1520 g/mol. The maximum atomic E-state index is 13.1. The van der Waals surface area contributed by atoms with E-state index in [9.17, 15) is 43.2 Å². The van der Waals surface area contributed by atoms with Crippen LogP contribution in [0.3, 0.4) is 0 Å². The Morgan fingerprint density at radius 2 is 0.519 bits per heavy atom. The second-order valence-electron chi connectivity index (χ2n) is 25.5. The van der Waals surface area contributed by atoms with Gasteiger partial charge in [0.25, 0.3) is 0 Å². The number of esters is 4. The predicted octanol–water partition coefficient (Wildman–Crippen LogP) is 23.3. The molecule has 0 aromatic heterocycles. The van der Waals surface area contributed by atoms with E-state index in [0.717, 1.165) is 173 Å². The normalized spacial score (nSPS) is 14.9. The number of carbonyl (C=O) groups excluding carboxylic acids is 4. The van der Waals surface area contributed by atoms with E-state index in [4.69, 9.17) is 37.0 Å². The van der Waals surface area contributed by atoms with Gasteiger partial charge >= 0.3 is 39.5 Å². The van der Waals surface area contributed by atoms with Crippen LogP contribution >= 0.6 is 15.6 Å². The van der Waals surface area contributed by atoms with E-state index in [1.54, 1.807) is 0 Å². The van der Waals surface area contributed by atoms with Gasteiger partial charge in [0.05, 0.1) is 26.4 Å². The van der Waals surface area contributed by atoms with Gasteiger partial charge in [0.2, 0.25) is 0 Å². The molecule has 0 saturated heterocycles. The predicted molar refractivity (Wildman–Crippen MR) is 436 cm³/mol. The SMILES string of the molecule is CC/C=C\C/C=C\C/C=C\C/C=C\C/C=C\C/C=C\CCC(=O)OCC(COP(=O)(O)OCC(O)COP(=O)(O)OCC(COC(=O)CCC/C=C\C/C=C\C/C=C\C/C=C\C/C=C\CC)OC(=O)CCCCCCC/C=C\CCCC)OC(=O)CCCCCCCC/C=C\C/C=C\C/C=C\C/C=C\CC. The minimum atomic E-state index is -5.01. The van der Waals surface area contributed by atoms with E-state index in [1.165, 1.54) is 6.42 Å². The van der Waals surface area contributed by atoms with Gasteiger partial charge in [0, 0.05) is 25.7 Å². The molecule has 19 heteroatoms. The Bertz CT molecular complexity index is 2780. The highest BCUT2D eigenvalue weighted by molar-refractivity contribution is 7.47. The van der Waals surface area contributed by atoms with Crippen LogP contribution in [-0.2, 0) is 65.4 Å². The number of unbranched alkanes of at least 4 members (excludes halogenated alkanes) is 14. The smallest absolute Gasteiger partial charge is 0.462 e. The number of phosphoric ester groups is 2. The van der Waals surface area contributed by atoms with Crippen molar-refractivity contribution < 1.29 is 80.2 Å². The highest BCUT2D eigenvalue weighted by Crippen LogP contribution is 2.45. The zero-order valence-corrected chi connectivity index (χ0v) is 67.1. The van der Waals surface area contributed by atoms with Crippen LogP contribution in [0.4, 0.5) is 0 Å². The maximum absolute atomic E-state index is 13.1. The van der Waals surface area contributed by atoms with Crippen LogP contribution in [0.2, 0.25) is 0 Å². The van der Waals surface area contributed by atoms with Gasteiger partial charge in [-0.1, -0.05) is 280 Å². The fourth-order valence-electron chi connectivity index (χ4n) is 9.61. The minimum absolute atomic E-state index is 0.0239. The summed E-state index contributed by atoms with van der Waals surface area (Å²) in [4.78, 5) is 72.9. The van der Waals surface area contributed by atoms with Crippen molar-refractivity contribution in [3.8, 4) is 0 Å². The zero-order valence-electron chi connectivity index (χ0n) is 65.3. The van der Waals surface area contributed by atoms with Gasteiger partial charge in [-0.3, -0.25) is 37.3 Å². The molecule has 0 aromatic carbocycles. The first-order valence-corrected chi connectivity index (χ1v) is 42.7. The van der Waals surface area contributed by atoms with Crippen LogP contribution in [0.25, 0.3) is 0 Å². The first-order chi connectivity index (χ1) is 51.7. The first kappa shape index (κ1) is 99.9. The fourth-order valence-corrected chi connectivity index (χ4v) is 11.2. The van der Waals surface area contributed by atoms with Crippen molar-refractivity contribution in [1.29, 1.82) is 0 Å². The maximum Gasteiger partial charge on any atom is 0.472 e. The molecule has 598 valence electrons. The quantitative estimate of drug-likeness (QED) is 0.0169. The lowest BCUT2D eigenvalue weighted by molar-refractivity contribution is -0.161. The van der Waals surface area contributed by atoms with E-state index >= 15 is 0 Å². The largest absolute Gasteiger partial charge is 0.472 e. The number of hydrogen-bond acceptors (Lipinski definition) is 15. The number of carbonyl (C=O) groups is 4. The summed E-state index contributed by atoms with van der Waals surface area (Å²) < 4.78 is 68.4. The van der Waals surface area contributed by atoms with Crippen molar-refractivity contribution in [1.82, 2.24) is 0 Å². The molecule has 106 heavy (non-hydrogen) atoms. The molecule has 0 heterocycles. The molecule has 5 atom stereocenters. The Balaban J connectivity index is 5.49. The van der Waals surface area contributed by atoms with Gasteiger partial charge in [-0.05, 0) is 161 Å². The van der Waals surface area contributed by atoms with Crippen LogP contribution in [0, 0.1) is 0 Å². The Morgan fingerprint density at radius 1 is 0.274 bits per heavy atom. The van der Waals surface area contributed by atoms with Crippen molar-refractivity contribution in [2.24, 2.45) is 0 Å². The molecule has 0 amide bonds. The van der Waals surface area contributed by atoms with Gasteiger partial charge in [0.15, 0.2) is 12.2 Å². The highest BCUT2D eigenvalue weighted by atomic mass is 31.2. The third-order valence-corrected chi connectivity index (χ3v) is 17.4.